The van der Waals surface area contributed by atoms with E-state index in [2.05, 4.69) is 97.9 Å². The number of fused-ring (bicyclic) bond motifs is 3. The zero-order valence-corrected chi connectivity index (χ0v) is 24.1. The van der Waals surface area contributed by atoms with Crippen LogP contribution in [-0.4, -0.2) is 0 Å². The molecule has 2 aromatic rings. The SMILES string of the molecule is CC1=CC[C]([Zr+2][CH]2c3cc(C(C)(C)C)ccc3-c3ccc(C(C)(C)C)cc32)=C1C.[Cl-].[Cl-]. The van der Waals surface area contributed by atoms with Crippen molar-refractivity contribution in [2.45, 2.75) is 76.3 Å². The summed E-state index contributed by atoms with van der Waals surface area (Å²) in [6.45, 7) is 18.6. The summed E-state index contributed by atoms with van der Waals surface area (Å²) in [4.78, 5) is 0. The first kappa shape index (κ1) is 26.6. The predicted octanol–water partition coefficient (Wildman–Crippen LogP) is 2.07. The first-order valence-electron chi connectivity index (χ1n) is 10.9. The molecule has 0 bridgehead atoms. The Morgan fingerprint density at radius 3 is 1.55 bits per heavy atom. The molecule has 0 radical (unpaired) electrons. The second kappa shape index (κ2) is 9.32. The number of hydrogen-bond acceptors (Lipinski definition) is 0. The molecule has 0 saturated heterocycles. The minimum Gasteiger partial charge on any atom is -1.00 e. The maximum absolute atomic E-state index is 2.54. The van der Waals surface area contributed by atoms with Gasteiger partial charge in [-0.1, -0.05) is 0 Å². The molecule has 0 N–H and O–H groups in total. The van der Waals surface area contributed by atoms with Crippen molar-refractivity contribution < 1.29 is 48.0 Å². The Morgan fingerprint density at radius 1 is 0.742 bits per heavy atom. The molecule has 3 heteroatoms. The molecule has 0 amide bonds. The van der Waals surface area contributed by atoms with E-state index in [1.54, 1.807) is 20.0 Å². The van der Waals surface area contributed by atoms with Gasteiger partial charge in [0.2, 0.25) is 0 Å². The van der Waals surface area contributed by atoms with E-state index in [1.165, 1.54) is 34.2 Å². The Bertz CT molecular complexity index is 982. The summed E-state index contributed by atoms with van der Waals surface area (Å²) in [5, 5.41) is 0. The van der Waals surface area contributed by atoms with E-state index in [-0.39, 0.29) is 35.6 Å². The monoisotopic (exact) mass is 530 g/mol. The average Bonchev–Trinajstić information content (AvgIpc) is 3.12. The minimum absolute atomic E-state index is 0. The molecular weight excluding hydrogens is 498 g/mol. The van der Waals surface area contributed by atoms with Gasteiger partial charge in [-0.3, -0.25) is 0 Å². The van der Waals surface area contributed by atoms with Crippen LogP contribution in [0.5, 0.6) is 0 Å². The smallest absolute Gasteiger partial charge is 1.00 e. The van der Waals surface area contributed by atoms with Crippen LogP contribution < -0.4 is 24.8 Å². The number of rotatable bonds is 2. The van der Waals surface area contributed by atoms with E-state index in [0.29, 0.717) is 3.63 Å². The van der Waals surface area contributed by atoms with Gasteiger partial charge in [-0.25, -0.2) is 0 Å². The summed E-state index contributed by atoms with van der Waals surface area (Å²) in [5.74, 6) is 0. The Hall–Kier alpha value is -0.617. The van der Waals surface area contributed by atoms with Crippen molar-refractivity contribution in [2.75, 3.05) is 0 Å². The normalized spacial score (nSPS) is 15.5. The van der Waals surface area contributed by atoms with Crippen molar-refractivity contribution in [1.29, 1.82) is 0 Å². The van der Waals surface area contributed by atoms with Crippen molar-refractivity contribution in [3.63, 3.8) is 0 Å². The van der Waals surface area contributed by atoms with Crippen LogP contribution in [0.25, 0.3) is 11.1 Å². The quantitative estimate of drug-likeness (QED) is 0.556. The molecule has 2 aliphatic carbocycles. The molecule has 0 aliphatic heterocycles. The van der Waals surface area contributed by atoms with E-state index < -0.39 is 23.2 Å². The Kier molecular flexibility index (Phi) is 8.01. The van der Waals surface area contributed by atoms with Gasteiger partial charge in [0.15, 0.2) is 0 Å². The molecule has 164 valence electrons. The van der Waals surface area contributed by atoms with Crippen molar-refractivity contribution >= 4 is 0 Å². The second-order valence-corrected chi connectivity index (χ2v) is 14.5. The van der Waals surface area contributed by atoms with E-state index in [0.717, 1.165) is 0 Å². The Morgan fingerprint density at radius 2 is 1.19 bits per heavy atom. The Labute approximate surface area is 213 Å². The standard InChI is InChI=1S/C21H25.C7H9.2ClH.Zr/c1-20(2,3)16-7-9-18-14(12-16)11-15-13-17(21(4,5)6)8-10-19(15)18;1-6-4-3-5-7(6)2;;;/h7-13H,1-6H3;4H,3H2,1-2H3;2*1H;/q;;;;+2/p-2. The zero-order valence-electron chi connectivity index (χ0n) is 20.1. The van der Waals surface area contributed by atoms with Crippen LogP contribution in [0.1, 0.15) is 87.7 Å². The van der Waals surface area contributed by atoms with Crippen LogP contribution in [0.3, 0.4) is 0 Å². The molecular formula is C28H34Cl2Zr. The van der Waals surface area contributed by atoms with Gasteiger partial charge in [0.25, 0.3) is 0 Å². The number of allylic oxidation sites excluding steroid dienone is 4. The van der Waals surface area contributed by atoms with Crippen molar-refractivity contribution in [3.8, 4) is 11.1 Å². The van der Waals surface area contributed by atoms with E-state index in [1.807, 2.05) is 0 Å². The van der Waals surface area contributed by atoms with E-state index in [4.69, 9.17) is 0 Å². The van der Waals surface area contributed by atoms with Crippen molar-refractivity contribution in [3.05, 3.63) is 79.2 Å². The van der Waals surface area contributed by atoms with Crippen LogP contribution in [0, 0.1) is 0 Å². The molecule has 0 aromatic heterocycles. The van der Waals surface area contributed by atoms with E-state index in [9.17, 15) is 0 Å². The van der Waals surface area contributed by atoms with Gasteiger partial charge >= 0.3 is 190 Å². The zero-order chi connectivity index (χ0) is 21.1. The van der Waals surface area contributed by atoms with Gasteiger partial charge in [0.1, 0.15) is 0 Å². The van der Waals surface area contributed by atoms with E-state index >= 15 is 0 Å². The summed E-state index contributed by atoms with van der Waals surface area (Å²) in [7, 11) is 0. The van der Waals surface area contributed by atoms with Gasteiger partial charge in [0.05, 0.1) is 0 Å². The summed E-state index contributed by atoms with van der Waals surface area (Å²) in [6.07, 6.45) is 3.64. The van der Waals surface area contributed by atoms with Crippen LogP contribution >= 0.6 is 0 Å². The molecule has 0 nitrogen and oxygen atoms in total. The van der Waals surface area contributed by atoms with Crippen LogP contribution in [0.4, 0.5) is 0 Å². The molecule has 0 spiro atoms. The molecule has 0 saturated carbocycles. The summed E-state index contributed by atoms with van der Waals surface area (Å²) >= 11 is -0.775. The molecule has 4 rings (SSSR count). The summed E-state index contributed by atoms with van der Waals surface area (Å²) in [6, 6.07) is 14.6. The summed E-state index contributed by atoms with van der Waals surface area (Å²) < 4.78 is 2.43. The molecule has 0 atom stereocenters. The van der Waals surface area contributed by atoms with Crippen molar-refractivity contribution in [1.82, 2.24) is 0 Å². The van der Waals surface area contributed by atoms with Gasteiger partial charge in [-0.05, 0) is 0 Å². The fraction of sp³-hybridized carbons (Fsp3) is 0.429. The second-order valence-electron chi connectivity index (χ2n) is 10.9. The first-order valence-corrected chi connectivity index (χ1v) is 13.5. The number of hydrogen-bond donors (Lipinski definition) is 0. The number of halogens is 2. The third-order valence-electron chi connectivity index (χ3n) is 6.72. The third-order valence-corrected chi connectivity index (χ3v) is 11.2. The third kappa shape index (κ3) is 5.00. The topological polar surface area (TPSA) is 0 Å². The summed E-state index contributed by atoms with van der Waals surface area (Å²) in [5.41, 5.74) is 12.6. The van der Waals surface area contributed by atoms with Crippen molar-refractivity contribution in [2.24, 2.45) is 0 Å². The molecule has 0 heterocycles. The fourth-order valence-corrected chi connectivity index (χ4v) is 8.84. The molecule has 0 fully saturated rings. The predicted molar refractivity (Wildman–Crippen MR) is 122 cm³/mol. The van der Waals surface area contributed by atoms with Gasteiger partial charge < -0.3 is 24.8 Å². The van der Waals surface area contributed by atoms with Gasteiger partial charge in [-0.15, -0.1) is 0 Å². The largest absolute Gasteiger partial charge is 1.00 e. The maximum Gasteiger partial charge on any atom is -1.00 e. The van der Waals surface area contributed by atoms with Crippen LogP contribution in [0.2, 0.25) is 0 Å². The van der Waals surface area contributed by atoms with Gasteiger partial charge in [-0.2, -0.15) is 0 Å². The van der Waals surface area contributed by atoms with Crippen LogP contribution in [-0.2, 0) is 34.1 Å². The molecule has 2 aromatic carbocycles. The molecule has 0 unspecified atom stereocenters. The number of benzene rings is 2. The first-order chi connectivity index (χ1) is 13.5. The minimum atomic E-state index is -0.775. The van der Waals surface area contributed by atoms with Crippen LogP contribution in [0.15, 0.2) is 56.9 Å². The maximum atomic E-state index is 2.54. The van der Waals surface area contributed by atoms with Gasteiger partial charge in [0, 0.05) is 0 Å². The molecule has 31 heavy (non-hydrogen) atoms. The molecule has 2 aliphatic rings. The average molecular weight is 533 g/mol. The Balaban J connectivity index is 0.00000171. The fourth-order valence-electron chi connectivity index (χ4n) is 4.49.